The Kier molecular flexibility index (Phi) is 11.9. The lowest BCUT2D eigenvalue weighted by Crippen LogP contribution is -1.94. The monoisotopic (exact) mass is 324 g/mol. The van der Waals surface area contributed by atoms with Gasteiger partial charge in [-0.25, -0.2) is 4.79 Å². The van der Waals surface area contributed by atoms with Crippen LogP contribution in [-0.2, 0) is 9.53 Å². The van der Waals surface area contributed by atoms with E-state index in [9.17, 15) is 4.79 Å². The summed E-state index contributed by atoms with van der Waals surface area (Å²) in [5.74, 6) is -0.839. The number of carbonyl (C=O) groups is 1. The predicted molar refractivity (Wildman–Crippen MR) is 95.7 cm³/mol. The smallest absolute Gasteiger partial charge is 0.327 e. The highest BCUT2D eigenvalue weighted by atomic mass is 16.6. The van der Waals surface area contributed by atoms with Crippen LogP contribution in [0.1, 0.15) is 96.8 Å². The first-order valence-corrected chi connectivity index (χ1v) is 9.79. The lowest BCUT2D eigenvalue weighted by atomic mass is 10.0. The minimum absolute atomic E-state index is 0.589. The fourth-order valence-corrected chi connectivity index (χ4v) is 3.14. The van der Waals surface area contributed by atoms with Crippen LogP contribution in [0.15, 0.2) is 12.2 Å². The summed E-state index contributed by atoms with van der Waals surface area (Å²) in [4.78, 5) is 10.3. The van der Waals surface area contributed by atoms with Gasteiger partial charge in [-0.1, -0.05) is 77.2 Å². The summed E-state index contributed by atoms with van der Waals surface area (Å²) in [5.41, 5.74) is 0. The molecule has 1 heterocycles. The molecule has 2 atom stereocenters. The molecule has 1 aliphatic heterocycles. The molecule has 0 aromatic heterocycles. The SMILES string of the molecule is CCCCCC1OC1CCCCCCCCCC/C=C\C(=O)O. The molecule has 0 aromatic rings. The van der Waals surface area contributed by atoms with E-state index in [0.29, 0.717) is 12.2 Å². The number of ether oxygens (including phenoxy) is 1. The zero-order valence-electron chi connectivity index (χ0n) is 15.0. The van der Waals surface area contributed by atoms with Crippen LogP contribution in [0.2, 0.25) is 0 Å². The first-order chi connectivity index (χ1) is 11.2. The van der Waals surface area contributed by atoms with Crippen molar-refractivity contribution in [3.63, 3.8) is 0 Å². The molecule has 0 saturated carbocycles. The van der Waals surface area contributed by atoms with Crippen LogP contribution in [0, 0.1) is 0 Å². The molecule has 2 unspecified atom stereocenters. The van der Waals surface area contributed by atoms with Gasteiger partial charge in [-0.15, -0.1) is 0 Å². The summed E-state index contributed by atoms with van der Waals surface area (Å²) in [6, 6.07) is 0. The summed E-state index contributed by atoms with van der Waals surface area (Å²) in [6.07, 6.45) is 21.9. The normalized spacial score (nSPS) is 20.2. The lowest BCUT2D eigenvalue weighted by molar-refractivity contribution is -0.131. The fourth-order valence-electron chi connectivity index (χ4n) is 3.14. The zero-order chi connectivity index (χ0) is 16.8. The number of epoxide rings is 1. The van der Waals surface area contributed by atoms with Gasteiger partial charge in [-0.3, -0.25) is 0 Å². The Balaban J connectivity index is 1.73. The van der Waals surface area contributed by atoms with Crippen LogP contribution in [-0.4, -0.2) is 23.3 Å². The van der Waals surface area contributed by atoms with Gasteiger partial charge in [0.1, 0.15) is 0 Å². The van der Waals surface area contributed by atoms with Gasteiger partial charge < -0.3 is 9.84 Å². The molecular formula is C20H36O3. The molecule has 0 spiro atoms. The van der Waals surface area contributed by atoms with Crippen molar-refractivity contribution in [2.75, 3.05) is 0 Å². The molecule has 1 N–H and O–H groups in total. The molecule has 134 valence electrons. The highest BCUT2D eigenvalue weighted by molar-refractivity contribution is 5.79. The summed E-state index contributed by atoms with van der Waals surface area (Å²) in [6.45, 7) is 2.25. The van der Waals surface area contributed by atoms with Crippen molar-refractivity contribution in [3.05, 3.63) is 12.2 Å². The Labute approximate surface area is 142 Å². The van der Waals surface area contributed by atoms with E-state index in [1.165, 1.54) is 83.1 Å². The quantitative estimate of drug-likeness (QED) is 0.219. The maximum atomic E-state index is 10.3. The third-order valence-electron chi connectivity index (χ3n) is 4.65. The summed E-state index contributed by atoms with van der Waals surface area (Å²) < 4.78 is 5.73. The molecule has 1 rings (SSSR count). The summed E-state index contributed by atoms with van der Waals surface area (Å²) >= 11 is 0. The maximum absolute atomic E-state index is 10.3. The van der Waals surface area contributed by atoms with Crippen LogP contribution >= 0.6 is 0 Å². The molecule has 1 aliphatic rings. The van der Waals surface area contributed by atoms with Crippen LogP contribution < -0.4 is 0 Å². The summed E-state index contributed by atoms with van der Waals surface area (Å²) in [7, 11) is 0. The largest absolute Gasteiger partial charge is 0.478 e. The molecule has 3 heteroatoms. The molecule has 0 aliphatic carbocycles. The van der Waals surface area contributed by atoms with Crippen LogP contribution in [0.4, 0.5) is 0 Å². The average Bonchev–Trinajstić information content (AvgIpc) is 3.27. The van der Waals surface area contributed by atoms with Gasteiger partial charge >= 0.3 is 5.97 Å². The van der Waals surface area contributed by atoms with E-state index in [4.69, 9.17) is 9.84 Å². The number of allylic oxidation sites excluding steroid dienone is 1. The molecule has 0 amide bonds. The molecule has 1 saturated heterocycles. The minimum Gasteiger partial charge on any atom is -0.478 e. The van der Waals surface area contributed by atoms with Gasteiger partial charge in [0.05, 0.1) is 12.2 Å². The zero-order valence-corrected chi connectivity index (χ0v) is 15.0. The third kappa shape index (κ3) is 12.3. The van der Waals surface area contributed by atoms with Gasteiger partial charge in [0.25, 0.3) is 0 Å². The van der Waals surface area contributed by atoms with Crippen molar-refractivity contribution in [3.8, 4) is 0 Å². The van der Waals surface area contributed by atoms with Crippen molar-refractivity contribution in [2.45, 2.75) is 109 Å². The van der Waals surface area contributed by atoms with Gasteiger partial charge in [0, 0.05) is 6.08 Å². The maximum Gasteiger partial charge on any atom is 0.327 e. The van der Waals surface area contributed by atoms with Crippen molar-refractivity contribution in [1.29, 1.82) is 0 Å². The van der Waals surface area contributed by atoms with Crippen molar-refractivity contribution in [2.24, 2.45) is 0 Å². The summed E-state index contributed by atoms with van der Waals surface area (Å²) in [5, 5.41) is 8.46. The van der Waals surface area contributed by atoms with E-state index in [1.54, 1.807) is 6.08 Å². The first-order valence-electron chi connectivity index (χ1n) is 9.79. The van der Waals surface area contributed by atoms with Gasteiger partial charge in [-0.2, -0.15) is 0 Å². The molecule has 0 radical (unpaired) electrons. The van der Waals surface area contributed by atoms with Gasteiger partial charge in [-0.05, 0) is 25.7 Å². The number of hydrogen-bond donors (Lipinski definition) is 1. The second kappa shape index (κ2) is 13.6. The molecule has 23 heavy (non-hydrogen) atoms. The van der Waals surface area contributed by atoms with Crippen LogP contribution in [0.3, 0.4) is 0 Å². The van der Waals surface area contributed by atoms with E-state index >= 15 is 0 Å². The van der Waals surface area contributed by atoms with Crippen LogP contribution in [0.25, 0.3) is 0 Å². The Hall–Kier alpha value is -0.830. The second-order valence-electron chi connectivity index (χ2n) is 6.86. The highest BCUT2D eigenvalue weighted by Gasteiger charge is 2.36. The number of unbranched alkanes of at least 4 members (excludes halogenated alkanes) is 10. The Morgan fingerprint density at radius 1 is 0.870 bits per heavy atom. The van der Waals surface area contributed by atoms with E-state index in [1.807, 2.05) is 0 Å². The van der Waals surface area contributed by atoms with Crippen molar-refractivity contribution < 1.29 is 14.6 Å². The average molecular weight is 325 g/mol. The van der Waals surface area contributed by atoms with Crippen LogP contribution in [0.5, 0.6) is 0 Å². The van der Waals surface area contributed by atoms with Gasteiger partial charge in [0.2, 0.25) is 0 Å². The lowest BCUT2D eigenvalue weighted by Gasteiger charge is -2.01. The molecule has 3 nitrogen and oxygen atoms in total. The Morgan fingerprint density at radius 3 is 1.96 bits per heavy atom. The Bertz CT molecular complexity index is 325. The van der Waals surface area contributed by atoms with Crippen molar-refractivity contribution in [1.82, 2.24) is 0 Å². The van der Waals surface area contributed by atoms with Gasteiger partial charge in [0.15, 0.2) is 0 Å². The number of aliphatic carboxylic acids is 1. The first kappa shape index (κ1) is 20.2. The highest BCUT2D eigenvalue weighted by Crippen LogP contribution is 2.31. The topological polar surface area (TPSA) is 49.8 Å². The predicted octanol–water partition coefficient (Wildman–Crippen LogP) is 5.88. The Morgan fingerprint density at radius 2 is 1.39 bits per heavy atom. The fraction of sp³-hybridized carbons (Fsp3) is 0.850. The number of carboxylic acid groups (broad SMARTS) is 1. The minimum atomic E-state index is -0.839. The third-order valence-corrected chi connectivity index (χ3v) is 4.65. The number of carboxylic acids is 1. The van der Waals surface area contributed by atoms with E-state index in [0.717, 1.165) is 12.8 Å². The molecule has 0 aromatic carbocycles. The van der Waals surface area contributed by atoms with Crippen molar-refractivity contribution >= 4 is 5.97 Å². The standard InChI is InChI=1S/C20H36O3/c1-2-3-12-15-18-19(23-18)16-13-10-8-6-4-5-7-9-11-14-17-20(21)22/h14,17-19H,2-13,15-16H2,1H3,(H,21,22)/b17-14-. The molecular weight excluding hydrogens is 288 g/mol. The van der Waals surface area contributed by atoms with E-state index in [-0.39, 0.29) is 0 Å². The molecule has 1 fully saturated rings. The van der Waals surface area contributed by atoms with E-state index < -0.39 is 5.97 Å². The number of hydrogen-bond acceptors (Lipinski definition) is 2. The van der Waals surface area contributed by atoms with E-state index in [2.05, 4.69) is 6.92 Å². The second-order valence-corrected chi connectivity index (χ2v) is 6.86. The number of rotatable bonds is 16. The molecule has 0 bridgehead atoms.